The minimum atomic E-state index is -0.966. The second kappa shape index (κ2) is 6.41. The van der Waals surface area contributed by atoms with Crippen molar-refractivity contribution < 1.29 is 14.7 Å². The Morgan fingerprint density at radius 3 is 2.50 bits per heavy atom. The van der Waals surface area contributed by atoms with E-state index < -0.39 is 16.8 Å². The summed E-state index contributed by atoms with van der Waals surface area (Å²) in [7, 11) is 0. The number of rotatable bonds is 5. The first-order valence-electron chi connectivity index (χ1n) is 7.56. The van der Waals surface area contributed by atoms with Gasteiger partial charge < -0.3 is 10.4 Å². The SMILES string of the molecule is CC(C)(CNC(=O)C1(c2cccc(Br)c2)CCCC1)C(=O)O. The maximum atomic E-state index is 12.8. The van der Waals surface area contributed by atoms with Gasteiger partial charge in [0.1, 0.15) is 0 Å². The van der Waals surface area contributed by atoms with Crippen molar-refractivity contribution in [2.45, 2.75) is 44.9 Å². The normalized spacial score (nSPS) is 17.2. The Morgan fingerprint density at radius 1 is 1.32 bits per heavy atom. The molecule has 1 saturated carbocycles. The Hall–Kier alpha value is -1.36. The molecule has 1 aliphatic rings. The van der Waals surface area contributed by atoms with Gasteiger partial charge in [-0.1, -0.05) is 40.9 Å². The van der Waals surface area contributed by atoms with Gasteiger partial charge in [0.25, 0.3) is 0 Å². The fourth-order valence-electron chi connectivity index (χ4n) is 2.96. The molecule has 0 unspecified atom stereocenters. The largest absolute Gasteiger partial charge is 0.481 e. The third kappa shape index (κ3) is 3.35. The van der Waals surface area contributed by atoms with Gasteiger partial charge in [-0.3, -0.25) is 9.59 Å². The van der Waals surface area contributed by atoms with E-state index in [1.165, 1.54) is 0 Å². The van der Waals surface area contributed by atoms with E-state index in [9.17, 15) is 14.7 Å². The molecular weight excluding hydrogens is 346 g/mol. The van der Waals surface area contributed by atoms with Gasteiger partial charge >= 0.3 is 5.97 Å². The lowest BCUT2D eigenvalue weighted by Gasteiger charge is -2.30. The Labute approximate surface area is 139 Å². The van der Waals surface area contributed by atoms with Gasteiger partial charge in [-0.25, -0.2) is 0 Å². The standard InChI is InChI=1S/C17H22BrNO3/c1-16(2,15(21)22)11-19-14(20)17(8-3-4-9-17)12-6-5-7-13(18)10-12/h5-7,10H,3-4,8-9,11H2,1-2H3,(H,19,20)(H,21,22). The number of carbonyl (C=O) groups excluding carboxylic acids is 1. The van der Waals surface area contributed by atoms with Crippen LogP contribution in [0.3, 0.4) is 0 Å². The van der Waals surface area contributed by atoms with Crippen LogP contribution < -0.4 is 5.32 Å². The van der Waals surface area contributed by atoms with E-state index in [4.69, 9.17) is 0 Å². The molecule has 0 saturated heterocycles. The number of benzene rings is 1. The van der Waals surface area contributed by atoms with Gasteiger partial charge in [0.2, 0.25) is 5.91 Å². The van der Waals surface area contributed by atoms with Crippen molar-refractivity contribution >= 4 is 27.8 Å². The number of carbonyl (C=O) groups is 2. The molecule has 1 fully saturated rings. The number of hydrogen-bond donors (Lipinski definition) is 2. The highest BCUT2D eigenvalue weighted by molar-refractivity contribution is 9.10. The molecule has 1 aromatic carbocycles. The number of carboxylic acids is 1. The van der Waals surface area contributed by atoms with E-state index in [1.807, 2.05) is 24.3 Å². The first-order chi connectivity index (χ1) is 10.3. The zero-order valence-corrected chi connectivity index (χ0v) is 14.6. The van der Waals surface area contributed by atoms with Gasteiger partial charge in [-0.2, -0.15) is 0 Å². The number of carboxylic acid groups (broad SMARTS) is 1. The van der Waals surface area contributed by atoms with Crippen LogP contribution in [0, 0.1) is 5.41 Å². The minimum absolute atomic E-state index is 0.0579. The van der Waals surface area contributed by atoms with E-state index in [0.717, 1.165) is 35.7 Å². The highest BCUT2D eigenvalue weighted by atomic mass is 79.9. The lowest BCUT2D eigenvalue weighted by atomic mass is 9.77. The lowest BCUT2D eigenvalue weighted by Crippen LogP contribution is -2.47. The van der Waals surface area contributed by atoms with Gasteiger partial charge in [-0.15, -0.1) is 0 Å². The molecule has 1 aliphatic carbocycles. The summed E-state index contributed by atoms with van der Waals surface area (Å²) in [6.07, 6.45) is 3.65. The van der Waals surface area contributed by atoms with Crippen LogP contribution in [0.25, 0.3) is 0 Å². The van der Waals surface area contributed by atoms with Gasteiger partial charge in [-0.05, 0) is 44.4 Å². The zero-order chi connectivity index (χ0) is 16.4. The lowest BCUT2D eigenvalue weighted by molar-refractivity contribution is -0.147. The van der Waals surface area contributed by atoms with E-state index in [0.29, 0.717) is 0 Å². The number of halogens is 1. The molecule has 0 heterocycles. The predicted octanol–water partition coefficient (Wildman–Crippen LogP) is 3.49. The van der Waals surface area contributed by atoms with Crippen LogP contribution in [0.15, 0.2) is 28.7 Å². The fraction of sp³-hybridized carbons (Fsp3) is 0.529. The molecule has 4 nitrogen and oxygen atoms in total. The minimum Gasteiger partial charge on any atom is -0.481 e. The molecular formula is C17H22BrNO3. The Bertz CT molecular complexity index is 577. The van der Waals surface area contributed by atoms with Crippen LogP contribution in [0.4, 0.5) is 0 Å². The molecule has 0 bridgehead atoms. The molecule has 0 spiro atoms. The monoisotopic (exact) mass is 367 g/mol. The van der Waals surface area contributed by atoms with Crippen molar-refractivity contribution in [1.82, 2.24) is 5.32 Å². The summed E-state index contributed by atoms with van der Waals surface area (Å²) >= 11 is 3.46. The summed E-state index contributed by atoms with van der Waals surface area (Å²) in [5.41, 5.74) is -0.490. The third-order valence-corrected chi connectivity index (χ3v) is 5.03. The molecule has 120 valence electrons. The van der Waals surface area contributed by atoms with Crippen molar-refractivity contribution in [3.8, 4) is 0 Å². The second-order valence-electron chi connectivity index (χ2n) is 6.67. The van der Waals surface area contributed by atoms with Crippen molar-refractivity contribution in [2.75, 3.05) is 6.54 Å². The van der Waals surface area contributed by atoms with Gasteiger partial charge in [0, 0.05) is 11.0 Å². The maximum Gasteiger partial charge on any atom is 0.310 e. The van der Waals surface area contributed by atoms with E-state index in [1.54, 1.807) is 13.8 Å². The van der Waals surface area contributed by atoms with E-state index in [2.05, 4.69) is 21.2 Å². The molecule has 1 amide bonds. The van der Waals surface area contributed by atoms with Crippen LogP contribution in [-0.2, 0) is 15.0 Å². The molecule has 0 radical (unpaired) electrons. The molecule has 1 aromatic rings. The molecule has 0 atom stereocenters. The number of hydrogen-bond acceptors (Lipinski definition) is 2. The van der Waals surface area contributed by atoms with Crippen molar-refractivity contribution in [2.24, 2.45) is 5.41 Å². The molecule has 2 rings (SSSR count). The summed E-state index contributed by atoms with van der Waals surface area (Å²) in [6.45, 7) is 3.38. The highest BCUT2D eigenvalue weighted by Gasteiger charge is 2.43. The third-order valence-electron chi connectivity index (χ3n) is 4.54. The zero-order valence-electron chi connectivity index (χ0n) is 13.0. The van der Waals surface area contributed by atoms with Crippen molar-refractivity contribution in [1.29, 1.82) is 0 Å². The molecule has 22 heavy (non-hydrogen) atoms. The maximum absolute atomic E-state index is 12.8. The van der Waals surface area contributed by atoms with Crippen LogP contribution in [0.2, 0.25) is 0 Å². The number of aliphatic carboxylic acids is 1. The van der Waals surface area contributed by atoms with Crippen LogP contribution in [0.5, 0.6) is 0 Å². The topological polar surface area (TPSA) is 66.4 Å². The van der Waals surface area contributed by atoms with E-state index >= 15 is 0 Å². The van der Waals surface area contributed by atoms with Crippen molar-refractivity contribution in [3.63, 3.8) is 0 Å². The van der Waals surface area contributed by atoms with E-state index in [-0.39, 0.29) is 12.5 Å². The van der Waals surface area contributed by atoms with Gasteiger partial charge in [0.05, 0.1) is 10.8 Å². The summed E-state index contributed by atoms with van der Waals surface area (Å²) in [5.74, 6) is -0.965. The Kier molecular flexibility index (Phi) is 4.95. The molecule has 0 aliphatic heterocycles. The van der Waals surface area contributed by atoms with Crippen LogP contribution in [0.1, 0.15) is 45.1 Å². The smallest absolute Gasteiger partial charge is 0.310 e. The Morgan fingerprint density at radius 2 is 1.95 bits per heavy atom. The first kappa shape index (κ1) is 17.0. The number of nitrogens with one attached hydrogen (secondary N) is 1. The first-order valence-corrected chi connectivity index (χ1v) is 8.35. The second-order valence-corrected chi connectivity index (χ2v) is 7.59. The summed E-state index contributed by atoms with van der Waals surface area (Å²) in [5, 5.41) is 12.0. The average molecular weight is 368 g/mol. The summed E-state index contributed by atoms with van der Waals surface area (Å²) in [4.78, 5) is 24.0. The molecule has 0 aromatic heterocycles. The quantitative estimate of drug-likeness (QED) is 0.836. The summed E-state index contributed by atoms with van der Waals surface area (Å²) < 4.78 is 0.954. The molecule has 2 N–H and O–H groups in total. The van der Waals surface area contributed by atoms with Gasteiger partial charge in [0.15, 0.2) is 0 Å². The van der Waals surface area contributed by atoms with Crippen LogP contribution >= 0.6 is 15.9 Å². The predicted molar refractivity (Wildman–Crippen MR) is 88.7 cm³/mol. The van der Waals surface area contributed by atoms with Crippen LogP contribution in [-0.4, -0.2) is 23.5 Å². The average Bonchev–Trinajstić information content (AvgIpc) is 2.95. The highest BCUT2D eigenvalue weighted by Crippen LogP contribution is 2.42. The van der Waals surface area contributed by atoms with Crippen molar-refractivity contribution in [3.05, 3.63) is 34.3 Å². The number of amides is 1. The summed E-state index contributed by atoms with van der Waals surface area (Å²) in [6, 6.07) is 7.86. The molecule has 5 heteroatoms. The Balaban J connectivity index is 2.21. The fourth-order valence-corrected chi connectivity index (χ4v) is 3.36.